The number of carbonyl (C=O) groups is 1. The topological polar surface area (TPSA) is 78.4 Å². The van der Waals surface area contributed by atoms with Crippen LogP contribution in [0.4, 0.5) is 5.95 Å². The van der Waals surface area contributed by atoms with E-state index in [9.17, 15) is 9.90 Å². The number of nitrogens with one attached hydrogen (secondary N) is 1. The van der Waals surface area contributed by atoms with Crippen LogP contribution in [0.1, 0.15) is 25.7 Å². The number of hydrogen-bond acceptors (Lipinski definition) is 5. The molecule has 19 heavy (non-hydrogen) atoms. The van der Waals surface area contributed by atoms with Gasteiger partial charge in [0.25, 0.3) is 0 Å². The number of carbonyl (C=O) groups excluding carboxylic acids is 1. The molecule has 1 unspecified atom stereocenters. The average Bonchev–Trinajstić information content (AvgIpc) is 2.46. The van der Waals surface area contributed by atoms with Crippen molar-refractivity contribution in [2.24, 2.45) is 0 Å². The van der Waals surface area contributed by atoms with Gasteiger partial charge in [0.05, 0.1) is 5.60 Å². The van der Waals surface area contributed by atoms with Crippen molar-refractivity contribution in [2.45, 2.75) is 31.3 Å². The van der Waals surface area contributed by atoms with Crippen molar-refractivity contribution >= 4 is 11.9 Å². The highest BCUT2D eigenvalue weighted by molar-refractivity contribution is 5.75. The van der Waals surface area contributed by atoms with Gasteiger partial charge < -0.3 is 15.3 Å². The summed E-state index contributed by atoms with van der Waals surface area (Å²) in [5.74, 6) is 0.599. The van der Waals surface area contributed by atoms with Crippen LogP contribution in [0.2, 0.25) is 0 Å². The molecule has 6 nitrogen and oxygen atoms in total. The molecular weight excluding hydrogens is 244 g/mol. The lowest BCUT2D eigenvalue weighted by Crippen LogP contribution is -2.49. The maximum Gasteiger partial charge on any atom is 0.225 e. The van der Waals surface area contributed by atoms with Crippen LogP contribution in [0.25, 0.3) is 0 Å². The number of piperidine rings is 1. The molecule has 0 aliphatic carbocycles. The van der Waals surface area contributed by atoms with E-state index in [2.05, 4.69) is 15.3 Å². The number of aliphatic hydroxyl groups is 1. The first kappa shape index (κ1) is 13.7. The van der Waals surface area contributed by atoms with Crippen molar-refractivity contribution in [3.05, 3.63) is 18.5 Å². The van der Waals surface area contributed by atoms with Gasteiger partial charge >= 0.3 is 0 Å². The van der Waals surface area contributed by atoms with E-state index in [1.165, 1.54) is 0 Å². The summed E-state index contributed by atoms with van der Waals surface area (Å²) in [6, 6.07) is 1.77. The monoisotopic (exact) mass is 264 g/mol. The third kappa shape index (κ3) is 3.64. The second kappa shape index (κ2) is 5.97. The Kier molecular flexibility index (Phi) is 4.31. The Morgan fingerprint density at radius 1 is 1.53 bits per heavy atom. The van der Waals surface area contributed by atoms with Crippen molar-refractivity contribution in [3.63, 3.8) is 0 Å². The lowest BCUT2D eigenvalue weighted by Gasteiger charge is -2.39. The summed E-state index contributed by atoms with van der Waals surface area (Å²) in [5.41, 5.74) is -0.829. The Labute approximate surface area is 112 Å². The molecule has 1 amide bonds. The van der Waals surface area contributed by atoms with Gasteiger partial charge in [-0.2, -0.15) is 0 Å². The van der Waals surface area contributed by atoms with Crippen molar-refractivity contribution in [1.29, 1.82) is 0 Å². The molecule has 1 aliphatic heterocycles. The third-order valence-corrected chi connectivity index (χ3v) is 3.49. The zero-order valence-electron chi connectivity index (χ0n) is 11.2. The summed E-state index contributed by atoms with van der Waals surface area (Å²) in [7, 11) is 1.61. The molecule has 1 aliphatic rings. The summed E-state index contributed by atoms with van der Waals surface area (Å²) in [6.07, 6.45) is 5.80. The molecule has 1 fully saturated rings. The SMILES string of the molecule is CNC(=O)CCC1(O)CCCN(c2ncccn2)C1. The zero-order chi connectivity index (χ0) is 13.7. The normalized spacial score (nSPS) is 23.2. The quantitative estimate of drug-likeness (QED) is 0.819. The van der Waals surface area contributed by atoms with Crippen LogP contribution in [0, 0.1) is 0 Å². The predicted molar refractivity (Wildman–Crippen MR) is 71.7 cm³/mol. The lowest BCUT2D eigenvalue weighted by molar-refractivity contribution is -0.122. The summed E-state index contributed by atoms with van der Waals surface area (Å²) >= 11 is 0. The van der Waals surface area contributed by atoms with Crippen molar-refractivity contribution in [1.82, 2.24) is 15.3 Å². The van der Waals surface area contributed by atoms with Crippen molar-refractivity contribution < 1.29 is 9.90 Å². The molecule has 1 aromatic heterocycles. The van der Waals surface area contributed by atoms with Crippen molar-refractivity contribution in [2.75, 3.05) is 25.0 Å². The van der Waals surface area contributed by atoms with Crippen LogP contribution in [0.15, 0.2) is 18.5 Å². The highest BCUT2D eigenvalue weighted by Gasteiger charge is 2.34. The molecular formula is C13H20N4O2. The van der Waals surface area contributed by atoms with Gasteiger partial charge in [-0.1, -0.05) is 0 Å². The summed E-state index contributed by atoms with van der Waals surface area (Å²) in [4.78, 5) is 21.7. The van der Waals surface area contributed by atoms with Crippen LogP contribution in [-0.4, -0.2) is 46.7 Å². The largest absolute Gasteiger partial charge is 0.388 e. The van der Waals surface area contributed by atoms with E-state index in [1.54, 1.807) is 25.5 Å². The number of β-amino-alcohol motifs (C(OH)–C–C–N with tert-alkyl or cyclic N) is 1. The molecule has 1 saturated heterocycles. The standard InChI is InChI=1S/C13H20N4O2/c1-14-11(18)4-6-13(19)5-2-9-17(10-13)12-15-7-3-8-16-12/h3,7-8,19H,2,4-6,9-10H2,1H3,(H,14,18). The Bertz CT molecular complexity index is 426. The fraction of sp³-hybridized carbons (Fsp3) is 0.615. The molecule has 0 saturated carbocycles. The second-order valence-electron chi connectivity index (χ2n) is 4.97. The fourth-order valence-corrected chi connectivity index (χ4v) is 2.41. The molecule has 0 radical (unpaired) electrons. The Morgan fingerprint density at radius 3 is 2.95 bits per heavy atom. The molecule has 0 spiro atoms. The van der Waals surface area contributed by atoms with Crippen LogP contribution < -0.4 is 10.2 Å². The molecule has 6 heteroatoms. The minimum Gasteiger partial charge on any atom is -0.388 e. The minimum absolute atomic E-state index is 0.0403. The summed E-state index contributed by atoms with van der Waals surface area (Å²) < 4.78 is 0. The smallest absolute Gasteiger partial charge is 0.225 e. The van der Waals surface area contributed by atoms with Crippen molar-refractivity contribution in [3.8, 4) is 0 Å². The number of amides is 1. The second-order valence-corrected chi connectivity index (χ2v) is 4.97. The first-order valence-electron chi connectivity index (χ1n) is 6.58. The molecule has 2 heterocycles. The Balaban J connectivity index is 1.98. The van der Waals surface area contributed by atoms with Crippen LogP contribution in [-0.2, 0) is 4.79 Å². The van der Waals surface area contributed by atoms with E-state index in [1.807, 2.05) is 4.90 Å². The van der Waals surface area contributed by atoms with Crippen LogP contribution in [0.3, 0.4) is 0 Å². The summed E-state index contributed by atoms with van der Waals surface area (Å²) in [6.45, 7) is 1.32. The van der Waals surface area contributed by atoms with Gasteiger partial charge in [-0.25, -0.2) is 9.97 Å². The molecule has 0 bridgehead atoms. The maximum absolute atomic E-state index is 11.3. The van der Waals surface area contributed by atoms with E-state index < -0.39 is 5.60 Å². The van der Waals surface area contributed by atoms with Gasteiger partial charge in [0, 0.05) is 39.0 Å². The molecule has 0 aromatic carbocycles. The fourth-order valence-electron chi connectivity index (χ4n) is 2.41. The number of hydrogen-bond donors (Lipinski definition) is 2. The van der Waals surface area contributed by atoms with E-state index >= 15 is 0 Å². The van der Waals surface area contributed by atoms with E-state index in [-0.39, 0.29) is 5.91 Å². The molecule has 104 valence electrons. The predicted octanol–water partition coefficient (Wildman–Crippen LogP) is 0.334. The average molecular weight is 264 g/mol. The molecule has 2 rings (SSSR count). The number of nitrogens with zero attached hydrogens (tertiary/aromatic N) is 3. The number of anilines is 1. The van der Waals surface area contributed by atoms with Crippen LogP contribution >= 0.6 is 0 Å². The highest BCUT2D eigenvalue weighted by Crippen LogP contribution is 2.27. The zero-order valence-corrected chi connectivity index (χ0v) is 11.2. The van der Waals surface area contributed by atoms with Gasteiger partial charge in [0.2, 0.25) is 11.9 Å². The first-order chi connectivity index (χ1) is 9.13. The first-order valence-corrected chi connectivity index (χ1v) is 6.58. The molecule has 1 aromatic rings. The minimum atomic E-state index is -0.829. The molecule has 1 atom stereocenters. The maximum atomic E-state index is 11.3. The van der Waals surface area contributed by atoms with Gasteiger partial charge in [0.1, 0.15) is 0 Å². The highest BCUT2D eigenvalue weighted by atomic mass is 16.3. The van der Waals surface area contributed by atoms with Gasteiger partial charge in [0.15, 0.2) is 0 Å². The van der Waals surface area contributed by atoms with Gasteiger partial charge in [-0.05, 0) is 25.3 Å². The van der Waals surface area contributed by atoms with E-state index in [4.69, 9.17) is 0 Å². The summed E-state index contributed by atoms with van der Waals surface area (Å²) in [5, 5.41) is 13.1. The van der Waals surface area contributed by atoms with Gasteiger partial charge in [-0.3, -0.25) is 4.79 Å². The third-order valence-electron chi connectivity index (χ3n) is 3.49. The molecule has 2 N–H and O–H groups in total. The van der Waals surface area contributed by atoms with Crippen LogP contribution in [0.5, 0.6) is 0 Å². The Morgan fingerprint density at radius 2 is 2.26 bits per heavy atom. The number of aromatic nitrogens is 2. The lowest BCUT2D eigenvalue weighted by atomic mass is 9.88. The Hall–Kier alpha value is -1.69. The van der Waals surface area contributed by atoms with Gasteiger partial charge in [-0.15, -0.1) is 0 Å². The van der Waals surface area contributed by atoms with E-state index in [0.717, 1.165) is 13.0 Å². The van der Waals surface area contributed by atoms with E-state index in [0.29, 0.717) is 31.8 Å². The number of rotatable bonds is 4.